The van der Waals surface area contributed by atoms with Crippen LogP contribution in [0.5, 0.6) is 5.75 Å². The maximum Gasteiger partial charge on any atom is 0.319 e. The molecule has 4 rings (SSSR count). The molecule has 29 heavy (non-hydrogen) atoms. The van der Waals surface area contributed by atoms with Crippen LogP contribution in [0.3, 0.4) is 0 Å². The predicted octanol–water partition coefficient (Wildman–Crippen LogP) is 3.97. The predicted molar refractivity (Wildman–Crippen MR) is 109 cm³/mol. The molecular weight excluding hydrogens is 368 g/mol. The molecule has 1 aliphatic heterocycles. The Morgan fingerprint density at radius 3 is 2.34 bits per heavy atom. The molecule has 0 aromatic heterocycles. The van der Waals surface area contributed by atoms with Crippen molar-refractivity contribution in [2.75, 3.05) is 10.6 Å². The number of carbonyl (C=O) groups excluding carboxylic acids is 3. The van der Waals surface area contributed by atoms with E-state index in [2.05, 4.69) is 10.6 Å². The Hall–Kier alpha value is -3.93. The highest BCUT2D eigenvalue weighted by Crippen LogP contribution is 2.33. The summed E-state index contributed by atoms with van der Waals surface area (Å²) >= 11 is 0. The van der Waals surface area contributed by atoms with Crippen molar-refractivity contribution < 1.29 is 19.1 Å². The largest absolute Gasteiger partial charge is 0.426 e. The topological polar surface area (TPSA) is 84.5 Å². The van der Waals surface area contributed by atoms with Crippen LogP contribution in [0, 0.1) is 0 Å². The van der Waals surface area contributed by atoms with Crippen LogP contribution in [0.15, 0.2) is 78.9 Å². The maximum absolute atomic E-state index is 12.7. The molecule has 3 aromatic rings. The fourth-order valence-corrected chi connectivity index (χ4v) is 3.21. The molecule has 1 aliphatic rings. The van der Waals surface area contributed by atoms with Gasteiger partial charge in [-0.1, -0.05) is 36.4 Å². The van der Waals surface area contributed by atoms with E-state index in [1.54, 1.807) is 60.7 Å². The normalized spacial score (nSPS) is 15.0. The van der Waals surface area contributed by atoms with E-state index >= 15 is 0 Å². The molecule has 144 valence electrons. The molecule has 0 saturated heterocycles. The van der Waals surface area contributed by atoms with Crippen LogP contribution in [0.2, 0.25) is 0 Å². The monoisotopic (exact) mass is 386 g/mol. The summed E-state index contributed by atoms with van der Waals surface area (Å²) in [6.45, 7) is 0. The third-order valence-electron chi connectivity index (χ3n) is 4.65. The number of amides is 2. The second-order valence-corrected chi connectivity index (χ2v) is 6.66. The van der Waals surface area contributed by atoms with Crippen molar-refractivity contribution in [2.45, 2.75) is 12.3 Å². The standard InChI is InChI=1S/C23H18N2O4/c26-21-14-19(18-8-4-5-9-20(18)25-21)23(28)29-17-12-10-16(11-13-17)24-22(27)15-6-2-1-3-7-15/h1-13,19H,14H2,(H,24,27)(H,25,26). The van der Waals surface area contributed by atoms with Crippen LogP contribution in [-0.2, 0) is 9.59 Å². The number of carbonyl (C=O) groups is 3. The minimum absolute atomic E-state index is 0.0427. The second-order valence-electron chi connectivity index (χ2n) is 6.66. The number of benzene rings is 3. The molecule has 6 heteroatoms. The van der Waals surface area contributed by atoms with E-state index < -0.39 is 11.9 Å². The van der Waals surface area contributed by atoms with Gasteiger partial charge in [-0.05, 0) is 48.0 Å². The van der Waals surface area contributed by atoms with Crippen molar-refractivity contribution in [3.05, 3.63) is 90.0 Å². The van der Waals surface area contributed by atoms with Crippen LogP contribution >= 0.6 is 0 Å². The zero-order valence-electron chi connectivity index (χ0n) is 15.4. The van der Waals surface area contributed by atoms with E-state index in [4.69, 9.17) is 4.74 Å². The Morgan fingerprint density at radius 1 is 0.897 bits per heavy atom. The van der Waals surface area contributed by atoms with Gasteiger partial charge in [-0.3, -0.25) is 14.4 Å². The number of nitrogens with one attached hydrogen (secondary N) is 2. The van der Waals surface area contributed by atoms with Crippen LogP contribution in [-0.4, -0.2) is 17.8 Å². The number of hydrogen-bond acceptors (Lipinski definition) is 4. The van der Waals surface area contributed by atoms with Crippen LogP contribution in [0.4, 0.5) is 11.4 Å². The van der Waals surface area contributed by atoms with Crippen molar-refractivity contribution in [1.29, 1.82) is 0 Å². The van der Waals surface area contributed by atoms with E-state index in [0.717, 1.165) is 5.56 Å². The molecule has 0 radical (unpaired) electrons. The lowest BCUT2D eigenvalue weighted by molar-refractivity contribution is -0.138. The van der Waals surface area contributed by atoms with Crippen molar-refractivity contribution in [3.63, 3.8) is 0 Å². The Morgan fingerprint density at radius 2 is 1.59 bits per heavy atom. The van der Waals surface area contributed by atoms with Gasteiger partial charge in [0.25, 0.3) is 5.91 Å². The average Bonchev–Trinajstić information content (AvgIpc) is 2.75. The van der Waals surface area contributed by atoms with E-state index in [9.17, 15) is 14.4 Å². The fourth-order valence-electron chi connectivity index (χ4n) is 3.21. The number of fused-ring (bicyclic) bond motifs is 1. The number of hydrogen-bond donors (Lipinski definition) is 2. The minimum atomic E-state index is -0.655. The van der Waals surface area contributed by atoms with E-state index in [0.29, 0.717) is 22.7 Å². The quantitative estimate of drug-likeness (QED) is 0.525. The van der Waals surface area contributed by atoms with Crippen LogP contribution < -0.4 is 15.4 Å². The molecule has 0 bridgehead atoms. The van der Waals surface area contributed by atoms with Crippen molar-refractivity contribution in [3.8, 4) is 5.75 Å². The van der Waals surface area contributed by atoms with Crippen molar-refractivity contribution >= 4 is 29.2 Å². The molecule has 0 spiro atoms. The lowest BCUT2D eigenvalue weighted by Gasteiger charge is -2.24. The lowest BCUT2D eigenvalue weighted by Crippen LogP contribution is -2.29. The average molecular weight is 386 g/mol. The van der Waals surface area contributed by atoms with Gasteiger partial charge in [-0.25, -0.2) is 0 Å². The van der Waals surface area contributed by atoms with Crippen molar-refractivity contribution in [2.24, 2.45) is 0 Å². The summed E-state index contributed by atoms with van der Waals surface area (Å²) in [5.41, 5.74) is 2.51. The van der Waals surface area contributed by atoms with Gasteiger partial charge in [0.15, 0.2) is 0 Å². The second kappa shape index (κ2) is 7.98. The number of para-hydroxylation sites is 1. The Kier molecular flexibility index (Phi) is 5.07. The lowest BCUT2D eigenvalue weighted by atomic mass is 9.91. The third-order valence-corrected chi connectivity index (χ3v) is 4.65. The maximum atomic E-state index is 12.7. The summed E-state index contributed by atoms with van der Waals surface area (Å²) in [5.74, 6) is -1.24. The molecule has 1 heterocycles. The molecule has 6 nitrogen and oxygen atoms in total. The Bertz CT molecular complexity index is 1060. The summed E-state index contributed by atoms with van der Waals surface area (Å²) < 4.78 is 5.47. The van der Waals surface area contributed by atoms with Gasteiger partial charge in [0.05, 0.1) is 5.92 Å². The summed E-state index contributed by atoms with van der Waals surface area (Å²) in [6, 6.07) is 22.6. The molecule has 3 aromatic carbocycles. The molecule has 1 unspecified atom stereocenters. The molecule has 0 aliphatic carbocycles. The molecule has 0 fully saturated rings. The van der Waals surface area contributed by atoms with Gasteiger partial charge in [0.2, 0.25) is 5.91 Å². The van der Waals surface area contributed by atoms with Gasteiger partial charge in [0, 0.05) is 23.4 Å². The number of esters is 1. The highest BCUT2D eigenvalue weighted by molar-refractivity contribution is 6.04. The zero-order valence-corrected chi connectivity index (χ0v) is 15.4. The summed E-state index contributed by atoms with van der Waals surface area (Å²) in [5, 5.41) is 5.55. The molecule has 0 saturated carbocycles. The van der Waals surface area contributed by atoms with Gasteiger partial charge in [-0.15, -0.1) is 0 Å². The highest BCUT2D eigenvalue weighted by Gasteiger charge is 2.31. The summed E-state index contributed by atoms with van der Waals surface area (Å²) in [6.07, 6.45) is 0.0427. The first-order valence-corrected chi connectivity index (χ1v) is 9.17. The summed E-state index contributed by atoms with van der Waals surface area (Å²) in [4.78, 5) is 36.7. The number of anilines is 2. The first-order valence-electron chi connectivity index (χ1n) is 9.17. The van der Waals surface area contributed by atoms with Gasteiger partial charge in [0.1, 0.15) is 5.75 Å². The van der Waals surface area contributed by atoms with Crippen LogP contribution in [0.25, 0.3) is 0 Å². The molecule has 2 amide bonds. The summed E-state index contributed by atoms with van der Waals surface area (Å²) in [7, 11) is 0. The van der Waals surface area contributed by atoms with Gasteiger partial charge in [-0.2, -0.15) is 0 Å². The Labute approximate surface area is 167 Å². The zero-order chi connectivity index (χ0) is 20.2. The number of ether oxygens (including phenoxy) is 1. The highest BCUT2D eigenvalue weighted by atomic mass is 16.5. The first kappa shape index (κ1) is 18.4. The third kappa shape index (κ3) is 4.16. The Balaban J connectivity index is 1.43. The van der Waals surface area contributed by atoms with Gasteiger partial charge >= 0.3 is 5.97 Å². The van der Waals surface area contributed by atoms with Crippen molar-refractivity contribution in [1.82, 2.24) is 0 Å². The molecule has 2 N–H and O–H groups in total. The van der Waals surface area contributed by atoms with E-state index in [1.807, 2.05) is 18.2 Å². The first-order chi connectivity index (χ1) is 14.1. The fraction of sp³-hybridized carbons (Fsp3) is 0.0870. The minimum Gasteiger partial charge on any atom is -0.426 e. The van der Waals surface area contributed by atoms with Crippen LogP contribution in [0.1, 0.15) is 28.3 Å². The number of rotatable bonds is 4. The smallest absolute Gasteiger partial charge is 0.319 e. The molecule has 1 atom stereocenters. The molecular formula is C23H18N2O4. The van der Waals surface area contributed by atoms with Gasteiger partial charge < -0.3 is 15.4 Å². The SMILES string of the molecule is O=C1CC(C(=O)Oc2ccc(NC(=O)c3ccccc3)cc2)c2ccccc2N1. The van der Waals surface area contributed by atoms with E-state index in [-0.39, 0.29) is 18.2 Å². The van der Waals surface area contributed by atoms with E-state index in [1.165, 1.54) is 0 Å².